The maximum absolute atomic E-state index is 12.4. The van der Waals surface area contributed by atoms with E-state index in [9.17, 15) is 4.79 Å². The Bertz CT molecular complexity index is 671. The van der Waals surface area contributed by atoms with E-state index in [1.54, 1.807) is 12.1 Å². The summed E-state index contributed by atoms with van der Waals surface area (Å²) in [5, 5.41) is 7.31. The van der Waals surface area contributed by atoms with Crippen molar-refractivity contribution in [1.29, 1.82) is 0 Å². The van der Waals surface area contributed by atoms with Crippen molar-refractivity contribution >= 4 is 23.3 Å². The summed E-state index contributed by atoms with van der Waals surface area (Å²) in [5.41, 5.74) is 0.875. The fraction of sp³-hybridized carbons (Fsp3) is 0.438. The molecule has 3 heterocycles. The van der Waals surface area contributed by atoms with E-state index in [0.717, 1.165) is 30.8 Å². The molecule has 6 nitrogen and oxygen atoms in total. The number of carbonyl (C=O) groups excluding carboxylic acids is 1. The molecule has 1 atom stereocenters. The first kappa shape index (κ1) is 16.0. The van der Waals surface area contributed by atoms with Gasteiger partial charge in [0.1, 0.15) is 5.82 Å². The highest BCUT2D eigenvalue weighted by Crippen LogP contribution is 2.20. The third-order valence-electron chi connectivity index (χ3n) is 3.91. The molecule has 122 valence electrons. The van der Waals surface area contributed by atoms with E-state index < -0.39 is 0 Å². The molecule has 7 heteroatoms. The van der Waals surface area contributed by atoms with Crippen molar-refractivity contribution in [3.05, 3.63) is 40.9 Å². The molecule has 0 saturated carbocycles. The highest BCUT2D eigenvalue weighted by molar-refractivity contribution is 6.30. The van der Waals surface area contributed by atoms with Crippen molar-refractivity contribution in [2.75, 3.05) is 18.4 Å². The number of aromatic nitrogens is 2. The quantitative estimate of drug-likeness (QED) is 0.930. The number of aryl methyl sites for hydroxylation is 1. The maximum Gasteiger partial charge on any atom is 0.229 e. The van der Waals surface area contributed by atoms with Gasteiger partial charge in [0.2, 0.25) is 5.91 Å². The predicted octanol–water partition coefficient (Wildman–Crippen LogP) is 2.88. The number of halogens is 1. The maximum atomic E-state index is 12.4. The number of hydrogen-bond acceptors (Lipinski definition) is 5. The molecule has 1 fully saturated rings. The first-order valence-electron chi connectivity index (χ1n) is 7.67. The molecule has 1 saturated heterocycles. The minimum Gasteiger partial charge on any atom is -0.360 e. The highest BCUT2D eigenvalue weighted by atomic mass is 35.5. The first-order chi connectivity index (χ1) is 11.1. The van der Waals surface area contributed by atoms with Crippen LogP contribution in [0.4, 0.5) is 5.82 Å². The van der Waals surface area contributed by atoms with Gasteiger partial charge in [-0.25, -0.2) is 4.98 Å². The summed E-state index contributed by atoms with van der Waals surface area (Å²) >= 11 is 5.80. The van der Waals surface area contributed by atoms with Gasteiger partial charge in [0.15, 0.2) is 5.76 Å². The second kappa shape index (κ2) is 7.10. The summed E-state index contributed by atoms with van der Waals surface area (Å²) in [4.78, 5) is 18.7. The molecule has 1 aliphatic rings. The van der Waals surface area contributed by atoms with Crippen LogP contribution in [0.5, 0.6) is 0 Å². The molecular formula is C16H19ClN4O2. The van der Waals surface area contributed by atoms with Crippen LogP contribution in [0.1, 0.15) is 24.3 Å². The molecule has 2 aromatic rings. The van der Waals surface area contributed by atoms with E-state index in [0.29, 0.717) is 23.9 Å². The van der Waals surface area contributed by atoms with Crippen LogP contribution in [0.15, 0.2) is 28.9 Å². The van der Waals surface area contributed by atoms with Crippen molar-refractivity contribution in [3.8, 4) is 0 Å². The number of rotatable bonds is 4. The van der Waals surface area contributed by atoms with Crippen LogP contribution in [0, 0.1) is 12.8 Å². The van der Waals surface area contributed by atoms with Gasteiger partial charge in [-0.05, 0) is 38.4 Å². The molecule has 3 rings (SSSR count). The number of anilines is 1. The second-order valence-corrected chi connectivity index (χ2v) is 6.30. The zero-order valence-corrected chi connectivity index (χ0v) is 13.7. The lowest BCUT2D eigenvalue weighted by Crippen LogP contribution is -2.40. The Hall–Kier alpha value is -1.92. The Morgan fingerprint density at radius 3 is 3.09 bits per heavy atom. The molecule has 1 aliphatic heterocycles. The molecule has 0 bridgehead atoms. The number of carbonyl (C=O) groups is 1. The van der Waals surface area contributed by atoms with Gasteiger partial charge >= 0.3 is 0 Å². The minimum atomic E-state index is -0.0507. The summed E-state index contributed by atoms with van der Waals surface area (Å²) in [6, 6.07) is 5.35. The zero-order valence-electron chi connectivity index (χ0n) is 13.0. The zero-order chi connectivity index (χ0) is 16.2. The molecule has 0 spiro atoms. The number of nitrogens with one attached hydrogen (secondary N) is 1. The molecule has 23 heavy (non-hydrogen) atoms. The number of amides is 1. The van der Waals surface area contributed by atoms with Gasteiger partial charge in [0.05, 0.1) is 23.2 Å². The number of hydrogen-bond donors (Lipinski definition) is 1. The van der Waals surface area contributed by atoms with E-state index in [1.807, 2.05) is 13.0 Å². The van der Waals surface area contributed by atoms with E-state index in [4.69, 9.17) is 16.1 Å². The van der Waals surface area contributed by atoms with Gasteiger partial charge < -0.3 is 9.84 Å². The van der Waals surface area contributed by atoms with E-state index in [-0.39, 0.29) is 11.8 Å². The number of nitrogens with zero attached hydrogens (tertiary/aromatic N) is 3. The number of piperidine rings is 1. The fourth-order valence-corrected chi connectivity index (χ4v) is 2.91. The van der Waals surface area contributed by atoms with Gasteiger partial charge in [-0.15, -0.1) is 0 Å². The molecule has 0 unspecified atom stereocenters. The molecule has 1 N–H and O–H groups in total. The van der Waals surface area contributed by atoms with Gasteiger partial charge in [-0.3, -0.25) is 9.69 Å². The van der Waals surface area contributed by atoms with Crippen molar-refractivity contribution in [2.45, 2.75) is 26.3 Å². The molecule has 0 radical (unpaired) electrons. The van der Waals surface area contributed by atoms with Crippen molar-refractivity contribution in [1.82, 2.24) is 15.0 Å². The summed E-state index contributed by atoms with van der Waals surface area (Å²) in [6.07, 6.45) is 3.39. The number of likely N-dealkylation sites (tertiary alicyclic amines) is 1. The average molecular weight is 335 g/mol. The van der Waals surface area contributed by atoms with Crippen molar-refractivity contribution < 1.29 is 9.32 Å². The third kappa shape index (κ3) is 4.30. The second-order valence-electron chi connectivity index (χ2n) is 5.86. The van der Waals surface area contributed by atoms with Gasteiger partial charge in [0.25, 0.3) is 0 Å². The first-order valence-corrected chi connectivity index (χ1v) is 8.05. The lowest BCUT2D eigenvalue weighted by Gasteiger charge is -2.31. The minimum absolute atomic E-state index is 0.00160. The smallest absolute Gasteiger partial charge is 0.229 e. The Balaban J connectivity index is 1.56. The van der Waals surface area contributed by atoms with Crippen LogP contribution in [-0.2, 0) is 11.3 Å². The molecule has 0 aliphatic carbocycles. The summed E-state index contributed by atoms with van der Waals surface area (Å²) in [6.45, 7) is 4.25. The summed E-state index contributed by atoms with van der Waals surface area (Å²) in [5.74, 6) is 1.31. The largest absolute Gasteiger partial charge is 0.360 e. The monoisotopic (exact) mass is 334 g/mol. The standard InChI is InChI=1S/C16H19ClN4O2/c1-11-7-14(23-20-11)10-21-6-2-3-12(9-21)16(22)19-15-5-4-13(17)8-18-15/h4-5,7-8,12H,2-3,6,9-10H2,1H3,(H,18,19,22)/t12-/m0/s1. The SMILES string of the molecule is Cc1cc(CN2CCC[C@H](C(=O)Nc3ccc(Cl)cn3)C2)on1. The van der Waals surface area contributed by atoms with Crippen LogP contribution in [-0.4, -0.2) is 34.0 Å². The number of pyridine rings is 1. The Morgan fingerprint density at radius 2 is 2.39 bits per heavy atom. The summed E-state index contributed by atoms with van der Waals surface area (Å²) < 4.78 is 5.25. The van der Waals surface area contributed by atoms with Gasteiger partial charge in [-0.1, -0.05) is 16.8 Å². The van der Waals surface area contributed by atoms with E-state index in [2.05, 4.69) is 20.4 Å². The van der Waals surface area contributed by atoms with Crippen LogP contribution >= 0.6 is 11.6 Å². The van der Waals surface area contributed by atoms with E-state index >= 15 is 0 Å². The van der Waals surface area contributed by atoms with Gasteiger partial charge in [-0.2, -0.15) is 0 Å². The van der Waals surface area contributed by atoms with Crippen molar-refractivity contribution in [2.24, 2.45) is 5.92 Å². The van der Waals surface area contributed by atoms with Crippen LogP contribution in [0.25, 0.3) is 0 Å². The predicted molar refractivity (Wildman–Crippen MR) is 87.1 cm³/mol. The Kier molecular flexibility index (Phi) is 4.93. The normalized spacial score (nSPS) is 18.8. The highest BCUT2D eigenvalue weighted by Gasteiger charge is 2.26. The Morgan fingerprint density at radius 1 is 1.52 bits per heavy atom. The Labute approximate surface area is 139 Å². The van der Waals surface area contributed by atoms with Crippen molar-refractivity contribution in [3.63, 3.8) is 0 Å². The third-order valence-corrected chi connectivity index (χ3v) is 4.13. The van der Waals surface area contributed by atoms with Crippen LogP contribution < -0.4 is 5.32 Å². The lowest BCUT2D eigenvalue weighted by molar-refractivity contribution is -0.121. The van der Waals surface area contributed by atoms with E-state index in [1.165, 1.54) is 6.20 Å². The van der Waals surface area contributed by atoms with Crippen LogP contribution in [0.2, 0.25) is 5.02 Å². The molecule has 1 amide bonds. The molecule has 0 aromatic carbocycles. The van der Waals surface area contributed by atoms with Gasteiger partial charge in [0, 0.05) is 18.8 Å². The summed E-state index contributed by atoms with van der Waals surface area (Å²) in [7, 11) is 0. The molecule has 2 aromatic heterocycles. The average Bonchev–Trinajstić information content (AvgIpc) is 2.95. The van der Waals surface area contributed by atoms with Crippen LogP contribution in [0.3, 0.4) is 0 Å². The molecular weight excluding hydrogens is 316 g/mol. The topological polar surface area (TPSA) is 71.3 Å². The lowest BCUT2D eigenvalue weighted by atomic mass is 9.97. The fourth-order valence-electron chi connectivity index (χ4n) is 2.80.